The molecule has 0 aliphatic carbocycles. The highest BCUT2D eigenvalue weighted by Gasteiger charge is 2.55. The largest absolute Gasteiger partial charge is 0.467 e. The quantitative estimate of drug-likeness (QED) is 0.613. The lowest BCUT2D eigenvalue weighted by Gasteiger charge is -2.36. The lowest BCUT2D eigenvalue weighted by molar-refractivity contribution is -0.153. The van der Waals surface area contributed by atoms with Crippen LogP contribution in [0.25, 0.3) is 0 Å². The van der Waals surface area contributed by atoms with Crippen LogP contribution in [0.15, 0.2) is 22.7 Å². The molecule has 1 N–H and O–H groups in total. The molecule has 1 amide bonds. The normalized spacial score (nSPS) is 22.1. The summed E-state index contributed by atoms with van der Waals surface area (Å²) in [6.07, 6.45) is 0.188. The number of nitrogens with one attached hydrogen (secondary N) is 1. The average molecular weight is 509 g/mol. The van der Waals surface area contributed by atoms with Gasteiger partial charge in [0.05, 0.1) is 17.8 Å². The SMILES string of the molecule is COC(=O)[C@]1(Cc2ccc(F)c(Br)c2)C[C@@H](NS(C)(=O)=O)CN1C(=O)OC(C)(C)C. The number of methoxy groups -OCH3 is 1. The summed E-state index contributed by atoms with van der Waals surface area (Å²) < 4.78 is 50.3. The van der Waals surface area contributed by atoms with Crippen LogP contribution in [0.2, 0.25) is 0 Å². The van der Waals surface area contributed by atoms with Gasteiger partial charge in [0.15, 0.2) is 0 Å². The number of amides is 1. The maximum absolute atomic E-state index is 13.7. The van der Waals surface area contributed by atoms with Gasteiger partial charge < -0.3 is 9.47 Å². The molecular weight excluding hydrogens is 483 g/mol. The van der Waals surface area contributed by atoms with Crippen molar-refractivity contribution in [2.24, 2.45) is 0 Å². The highest BCUT2D eigenvalue weighted by molar-refractivity contribution is 9.10. The van der Waals surface area contributed by atoms with Crippen LogP contribution in [0.5, 0.6) is 0 Å². The molecule has 30 heavy (non-hydrogen) atoms. The predicted octanol–water partition coefficient (Wildman–Crippen LogP) is 2.60. The molecule has 0 saturated carbocycles. The number of hydrogen-bond donors (Lipinski definition) is 1. The summed E-state index contributed by atoms with van der Waals surface area (Å²) in [6.45, 7) is 4.97. The molecule has 1 saturated heterocycles. The van der Waals surface area contributed by atoms with Crippen LogP contribution in [0.1, 0.15) is 32.8 Å². The zero-order chi connectivity index (χ0) is 22.9. The summed E-state index contributed by atoms with van der Waals surface area (Å²) in [6, 6.07) is 3.51. The van der Waals surface area contributed by atoms with E-state index in [0.29, 0.717) is 5.56 Å². The van der Waals surface area contributed by atoms with Crippen molar-refractivity contribution < 1.29 is 31.9 Å². The van der Waals surface area contributed by atoms with E-state index in [4.69, 9.17) is 9.47 Å². The fourth-order valence-corrected chi connectivity index (χ4v) is 4.73. The molecule has 168 valence electrons. The van der Waals surface area contributed by atoms with Gasteiger partial charge in [-0.25, -0.2) is 27.1 Å². The molecule has 1 aromatic rings. The second kappa shape index (κ2) is 8.80. The number of nitrogens with zero attached hydrogens (tertiary/aromatic N) is 1. The average Bonchev–Trinajstić information content (AvgIpc) is 2.93. The summed E-state index contributed by atoms with van der Waals surface area (Å²) in [7, 11) is -2.41. The molecule has 2 atom stereocenters. The molecule has 0 spiro atoms. The van der Waals surface area contributed by atoms with Crippen molar-refractivity contribution in [1.82, 2.24) is 9.62 Å². The molecule has 0 aromatic heterocycles. The first kappa shape index (κ1) is 24.5. The third-order valence-corrected chi connectivity index (χ3v) is 5.91. The molecule has 0 bridgehead atoms. The standard InChI is InChI=1S/C19H26BrFN2O6S/c1-18(2,3)29-17(25)23-11-13(22-30(5,26)27)10-19(23,16(24)28-4)9-12-6-7-15(21)14(20)8-12/h6-8,13,22H,9-11H2,1-5H3/t13-,19+/m1/s1. The van der Waals surface area contributed by atoms with Crippen molar-refractivity contribution in [3.05, 3.63) is 34.1 Å². The molecule has 11 heteroatoms. The van der Waals surface area contributed by atoms with Crippen molar-refractivity contribution >= 4 is 38.0 Å². The Kier molecular flexibility index (Phi) is 7.20. The Morgan fingerprint density at radius 3 is 2.50 bits per heavy atom. The van der Waals surface area contributed by atoms with Crippen LogP contribution in [-0.4, -0.2) is 62.5 Å². The van der Waals surface area contributed by atoms with Gasteiger partial charge >= 0.3 is 12.1 Å². The van der Waals surface area contributed by atoms with E-state index in [-0.39, 0.29) is 23.9 Å². The van der Waals surface area contributed by atoms with Crippen LogP contribution in [0.3, 0.4) is 0 Å². The van der Waals surface area contributed by atoms with Gasteiger partial charge in [-0.2, -0.15) is 0 Å². The van der Waals surface area contributed by atoms with Gasteiger partial charge in [-0.3, -0.25) is 4.90 Å². The van der Waals surface area contributed by atoms with Gasteiger partial charge in [0.1, 0.15) is 17.0 Å². The summed E-state index contributed by atoms with van der Waals surface area (Å²) >= 11 is 3.11. The van der Waals surface area contributed by atoms with Crippen molar-refractivity contribution in [2.75, 3.05) is 19.9 Å². The maximum atomic E-state index is 13.7. The van der Waals surface area contributed by atoms with Gasteiger partial charge in [-0.05, 0) is 60.8 Å². The second-order valence-corrected chi connectivity index (χ2v) is 11.0. The smallest absolute Gasteiger partial charge is 0.411 e. The maximum Gasteiger partial charge on any atom is 0.411 e. The van der Waals surface area contributed by atoms with Crippen LogP contribution in [0, 0.1) is 5.82 Å². The number of halogens is 2. The first-order valence-electron chi connectivity index (χ1n) is 9.17. The first-order valence-corrected chi connectivity index (χ1v) is 11.9. The summed E-state index contributed by atoms with van der Waals surface area (Å²) in [4.78, 5) is 27.1. The number of esters is 1. The molecule has 1 aromatic carbocycles. The third-order valence-electron chi connectivity index (χ3n) is 4.54. The van der Waals surface area contributed by atoms with E-state index in [1.807, 2.05) is 0 Å². The number of carbonyl (C=O) groups is 2. The summed E-state index contributed by atoms with van der Waals surface area (Å²) in [5, 5.41) is 0. The molecule has 1 aliphatic rings. The fraction of sp³-hybridized carbons (Fsp3) is 0.579. The predicted molar refractivity (Wildman–Crippen MR) is 112 cm³/mol. The van der Waals surface area contributed by atoms with E-state index in [0.717, 1.165) is 6.26 Å². The van der Waals surface area contributed by atoms with Gasteiger partial charge in [0, 0.05) is 19.0 Å². The Hall–Kier alpha value is -1.72. The van der Waals surface area contributed by atoms with E-state index >= 15 is 0 Å². The zero-order valence-corrected chi connectivity index (χ0v) is 19.9. The topological polar surface area (TPSA) is 102 Å². The lowest BCUT2D eigenvalue weighted by Crippen LogP contribution is -2.56. The lowest BCUT2D eigenvalue weighted by atomic mass is 9.87. The number of ether oxygens (including phenoxy) is 2. The minimum Gasteiger partial charge on any atom is -0.467 e. The van der Waals surface area contributed by atoms with Crippen molar-refractivity contribution in [1.29, 1.82) is 0 Å². The van der Waals surface area contributed by atoms with Crippen molar-refractivity contribution in [2.45, 2.75) is 50.8 Å². The van der Waals surface area contributed by atoms with E-state index < -0.39 is 45.1 Å². The minimum atomic E-state index is -3.60. The summed E-state index contributed by atoms with van der Waals surface area (Å²) in [5.74, 6) is -1.19. The Bertz CT molecular complexity index is 933. The molecule has 0 unspecified atom stereocenters. The van der Waals surface area contributed by atoms with Gasteiger partial charge in [0.2, 0.25) is 10.0 Å². The zero-order valence-electron chi connectivity index (χ0n) is 17.5. The number of hydrogen-bond acceptors (Lipinski definition) is 6. The number of carbonyl (C=O) groups excluding carboxylic acids is 2. The van der Waals surface area contributed by atoms with Gasteiger partial charge in [-0.1, -0.05) is 6.07 Å². The number of rotatable bonds is 5. The second-order valence-electron chi connectivity index (χ2n) is 8.33. The van der Waals surface area contributed by atoms with E-state index in [1.165, 1.54) is 30.2 Å². The molecule has 1 heterocycles. The van der Waals surface area contributed by atoms with Crippen LogP contribution in [0.4, 0.5) is 9.18 Å². The monoisotopic (exact) mass is 508 g/mol. The first-order chi connectivity index (χ1) is 13.7. The number of sulfonamides is 1. The van der Waals surface area contributed by atoms with Crippen molar-refractivity contribution in [3.8, 4) is 0 Å². The Labute approximate surface area is 184 Å². The number of likely N-dealkylation sites (tertiary alicyclic amines) is 1. The minimum absolute atomic E-state index is 0.0141. The Morgan fingerprint density at radius 1 is 1.37 bits per heavy atom. The van der Waals surface area contributed by atoms with Gasteiger partial charge in [-0.15, -0.1) is 0 Å². The van der Waals surface area contributed by atoms with Crippen molar-refractivity contribution in [3.63, 3.8) is 0 Å². The van der Waals surface area contributed by atoms with Crippen LogP contribution in [-0.2, 0) is 30.7 Å². The molecule has 1 aliphatic heterocycles. The molecule has 2 rings (SSSR count). The van der Waals surface area contributed by atoms with Gasteiger partial charge in [0.25, 0.3) is 0 Å². The van der Waals surface area contributed by atoms with E-state index in [2.05, 4.69) is 20.7 Å². The highest BCUT2D eigenvalue weighted by atomic mass is 79.9. The van der Waals surface area contributed by atoms with E-state index in [9.17, 15) is 22.4 Å². The highest BCUT2D eigenvalue weighted by Crippen LogP contribution is 2.36. The molecular formula is C19H26BrFN2O6S. The summed E-state index contributed by atoms with van der Waals surface area (Å²) in [5.41, 5.74) is -1.81. The Morgan fingerprint density at radius 2 is 2.00 bits per heavy atom. The van der Waals surface area contributed by atoms with Crippen LogP contribution >= 0.6 is 15.9 Å². The van der Waals surface area contributed by atoms with E-state index in [1.54, 1.807) is 20.8 Å². The number of benzene rings is 1. The molecule has 8 nitrogen and oxygen atoms in total. The fourth-order valence-electron chi connectivity index (χ4n) is 3.54. The molecule has 0 radical (unpaired) electrons. The molecule has 1 fully saturated rings. The Balaban J connectivity index is 2.52. The van der Waals surface area contributed by atoms with Crippen LogP contribution < -0.4 is 4.72 Å². The third kappa shape index (κ3) is 5.92.